The highest BCUT2D eigenvalue weighted by Gasteiger charge is 2.04. The molecule has 84 valence electrons. The predicted octanol–water partition coefficient (Wildman–Crippen LogP) is 2.59. The number of aromatic nitrogens is 2. The molecular formula is C13H17N3. The first kappa shape index (κ1) is 10.9. The summed E-state index contributed by atoms with van der Waals surface area (Å²) in [4.78, 5) is 0. The van der Waals surface area contributed by atoms with Gasteiger partial charge in [-0.05, 0) is 31.0 Å². The second-order valence-electron chi connectivity index (χ2n) is 3.94. The average Bonchev–Trinajstić information content (AvgIpc) is 2.77. The van der Waals surface area contributed by atoms with Crippen LogP contribution in [0.4, 0.5) is 0 Å². The lowest BCUT2D eigenvalue weighted by Crippen LogP contribution is -2.04. The smallest absolute Gasteiger partial charge is 0.0682 e. The van der Waals surface area contributed by atoms with Crippen molar-refractivity contribution >= 4 is 0 Å². The molecule has 1 unspecified atom stereocenters. The molecule has 0 aliphatic carbocycles. The molecule has 1 atom stereocenters. The molecule has 0 saturated carbocycles. The van der Waals surface area contributed by atoms with Gasteiger partial charge in [0.2, 0.25) is 0 Å². The quantitative estimate of drug-likeness (QED) is 0.855. The Balaban J connectivity index is 2.35. The first-order chi connectivity index (χ1) is 7.72. The van der Waals surface area contributed by atoms with Crippen LogP contribution in [0.1, 0.15) is 25.5 Å². The molecule has 3 heteroatoms. The standard InChI is InChI=1S/C13H17N3/c1-3-16-13(8-9-15-16)12-6-4-11(5-7-12)10(2)14/h4-10H,3,14H2,1-2H3. The van der Waals surface area contributed by atoms with Gasteiger partial charge in [-0.2, -0.15) is 5.10 Å². The third kappa shape index (κ3) is 1.99. The third-order valence-electron chi connectivity index (χ3n) is 2.75. The van der Waals surface area contributed by atoms with Gasteiger partial charge in [-0.25, -0.2) is 0 Å². The number of nitrogens with two attached hydrogens (primary N) is 1. The second-order valence-corrected chi connectivity index (χ2v) is 3.94. The largest absolute Gasteiger partial charge is 0.324 e. The fourth-order valence-corrected chi connectivity index (χ4v) is 1.79. The molecule has 0 fully saturated rings. The molecule has 2 rings (SSSR count). The molecule has 1 aromatic carbocycles. The van der Waals surface area contributed by atoms with Gasteiger partial charge in [0.25, 0.3) is 0 Å². The van der Waals surface area contributed by atoms with E-state index in [-0.39, 0.29) is 6.04 Å². The Kier molecular flexibility index (Phi) is 3.06. The van der Waals surface area contributed by atoms with Crippen LogP contribution in [0.2, 0.25) is 0 Å². The summed E-state index contributed by atoms with van der Waals surface area (Å²) in [5, 5.41) is 4.26. The van der Waals surface area contributed by atoms with E-state index in [0.29, 0.717) is 0 Å². The Morgan fingerprint density at radius 1 is 1.25 bits per heavy atom. The van der Waals surface area contributed by atoms with E-state index in [4.69, 9.17) is 5.73 Å². The van der Waals surface area contributed by atoms with Crippen LogP contribution in [0, 0.1) is 0 Å². The van der Waals surface area contributed by atoms with Crippen LogP contribution in [0.5, 0.6) is 0 Å². The average molecular weight is 215 g/mol. The van der Waals surface area contributed by atoms with Gasteiger partial charge in [-0.3, -0.25) is 4.68 Å². The summed E-state index contributed by atoms with van der Waals surface area (Å²) in [6, 6.07) is 10.5. The van der Waals surface area contributed by atoms with Crippen LogP contribution in [0.15, 0.2) is 36.5 Å². The molecule has 16 heavy (non-hydrogen) atoms. The zero-order valence-electron chi connectivity index (χ0n) is 9.72. The molecule has 0 amide bonds. The fraction of sp³-hybridized carbons (Fsp3) is 0.308. The minimum atomic E-state index is 0.0881. The molecular weight excluding hydrogens is 198 g/mol. The number of hydrogen-bond acceptors (Lipinski definition) is 2. The maximum absolute atomic E-state index is 5.82. The van der Waals surface area contributed by atoms with Crippen molar-refractivity contribution in [2.24, 2.45) is 5.73 Å². The fourth-order valence-electron chi connectivity index (χ4n) is 1.79. The topological polar surface area (TPSA) is 43.8 Å². The lowest BCUT2D eigenvalue weighted by molar-refractivity contribution is 0.667. The van der Waals surface area contributed by atoms with E-state index in [1.807, 2.05) is 23.9 Å². The van der Waals surface area contributed by atoms with Gasteiger partial charge in [-0.1, -0.05) is 24.3 Å². The first-order valence-corrected chi connectivity index (χ1v) is 5.60. The summed E-state index contributed by atoms with van der Waals surface area (Å²) in [5.41, 5.74) is 9.32. The van der Waals surface area contributed by atoms with Crippen LogP contribution in [0.25, 0.3) is 11.3 Å². The summed E-state index contributed by atoms with van der Waals surface area (Å²) < 4.78 is 1.99. The van der Waals surface area contributed by atoms with Crippen molar-refractivity contribution in [3.63, 3.8) is 0 Å². The van der Waals surface area contributed by atoms with Crippen molar-refractivity contribution < 1.29 is 0 Å². The summed E-state index contributed by atoms with van der Waals surface area (Å²) in [7, 11) is 0. The SMILES string of the molecule is CCn1nccc1-c1ccc(C(C)N)cc1. The summed E-state index contributed by atoms with van der Waals surface area (Å²) in [5.74, 6) is 0. The molecule has 1 heterocycles. The highest BCUT2D eigenvalue weighted by atomic mass is 15.3. The number of rotatable bonds is 3. The van der Waals surface area contributed by atoms with Crippen molar-refractivity contribution in [3.05, 3.63) is 42.1 Å². The van der Waals surface area contributed by atoms with Gasteiger partial charge < -0.3 is 5.73 Å². The molecule has 0 spiro atoms. The summed E-state index contributed by atoms with van der Waals surface area (Å²) in [6.45, 7) is 4.97. The Morgan fingerprint density at radius 2 is 1.94 bits per heavy atom. The third-order valence-corrected chi connectivity index (χ3v) is 2.75. The van der Waals surface area contributed by atoms with Gasteiger partial charge in [-0.15, -0.1) is 0 Å². The van der Waals surface area contributed by atoms with Crippen molar-refractivity contribution in [1.29, 1.82) is 0 Å². The Hall–Kier alpha value is -1.61. The van der Waals surface area contributed by atoms with Gasteiger partial charge >= 0.3 is 0 Å². The van der Waals surface area contributed by atoms with Gasteiger partial charge in [0.1, 0.15) is 0 Å². The van der Waals surface area contributed by atoms with E-state index < -0.39 is 0 Å². The molecule has 2 N–H and O–H groups in total. The van der Waals surface area contributed by atoms with E-state index >= 15 is 0 Å². The molecule has 2 aromatic rings. The van der Waals surface area contributed by atoms with Crippen molar-refractivity contribution in [2.75, 3.05) is 0 Å². The van der Waals surface area contributed by atoms with E-state index in [0.717, 1.165) is 17.8 Å². The van der Waals surface area contributed by atoms with E-state index in [1.54, 1.807) is 0 Å². The molecule has 1 aromatic heterocycles. The number of nitrogens with zero attached hydrogens (tertiary/aromatic N) is 2. The maximum Gasteiger partial charge on any atom is 0.0682 e. The predicted molar refractivity (Wildman–Crippen MR) is 65.9 cm³/mol. The van der Waals surface area contributed by atoms with Crippen LogP contribution >= 0.6 is 0 Å². The Morgan fingerprint density at radius 3 is 2.50 bits per heavy atom. The second kappa shape index (κ2) is 4.49. The lowest BCUT2D eigenvalue weighted by Gasteiger charge is -2.08. The summed E-state index contributed by atoms with van der Waals surface area (Å²) >= 11 is 0. The molecule has 0 aliphatic rings. The first-order valence-electron chi connectivity index (χ1n) is 5.60. The number of hydrogen-bond donors (Lipinski definition) is 1. The lowest BCUT2D eigenvalue weighted by atomic mass is 10.1. The molecule has 0 bridgehead atoms. The minimum absolute atomic E-state index is 0.0881. The highest BCUT2D eigenvalue weighted by molar-refractivity contribution is 5.59. The van der Waals surface area contributed by atoms with Gasteiger partial charge in [0.05, 0.1) is 5.69 Å². The summed E-state index contributed by atoms with van der Waals surface area (Å²) in [6.07, 6.45) is 1.83. The van der Waals surface area contributed by atoms with Gasteiger partial charge in [0.15, 0.2) is 0 Å². The van der Waals surface area contributed by atoms with Crippen molar-refractivity contribution in [3.8, 4) is 11.3 Å². The molecule has 0 radical (unpaired) electrons. The normalized spacial score (nSPS) is 12.7. The number of aryl methyl sites for hydroxylation is 1. The van der Waals surface area contributed by atoms with Crippen molar-refractivity contribution in [1.82, 2.24) is 9.78 Å². The Labute approximate surface area is 95.9 Å². The minimum Gasteiger partial charge on any atom is -0.324 e. The van der Waals surface area contributed by atoms with Crippen LogP contribution in [0.3, 0.4) is 0 Å². The maximum atomic E-state index is 5.82. The van der Waals surface area contributed by atoms with Crippen molar-refractivity contribution in [2.45, 2.75) is 26.4 Å². The van der Waals surface area contributed by atoms with E-state index in [1.165, 1.54) is 5.56 Å². The molecule has 3 nitrogen and oxygen atoms in total. The van der Waals surface area contributed by atoms with Crippen LogP contribution < -0.4 is 5.73 Å². The monoisotopic (exact) mass is 215 g/mol. The zero-order chi connectivity index (χ0) is 11.5. The Bertz CT molecular complexity index is 454. The van der Waals surface area contributed by atoms with Gasteiger partial charge in [0, 0.05) is 18.8 Å². The zero-order valence-corrected chi connectivity index (χ0v) is 9.72. The molecule has 0 saturated heterocycles. The van der Waals surface area contributed by atoms with Crippen LogP contribution in [-0.4, -0.2) is 9.78 Å². The van der Waals surface area contributed by atoms with E-state index in [2.05, 4.69) is 36.3 Å². The molecule has 0 aliphatic heterocycles. The van der Waals surface area contributed by atoms with Crippen LogP contribution in [-0.2, 0) is 6.54 Å². The number of benzene rings is 1. The highest BCUT2D eigenvalue weighted by Crippen LogP contribution is 2.21. The van der Waals surface area contributed by atoms with E-state index in [9.17, 15) is 0 Å².